The first-order valence-electron chi connectivity index (χ1n) is 8.86. The zero-order valence-corrected chi connectivity index (χ0v) is 15.9. The molecule has 0 amide bonds. The molecule has 2 N–H and O–H groups in total. The van der Waals surface area contributed by atoms with E-state index in [-0.39, 0.29) is 23.7 Å². The summed E-state index contributed by atoms with van der Waals surface area (Å²) in [7, 11) is 1.34. The zero-order chi connectivity index (χ0) is 20.6. The Kier molecular flexibility index (Phi) is 6.67. The van der Waals surface area contributed by atoms with Gasteiger partial charge in [-0.15, -0.1) is 0 Å². The van der Waals surface area contributed by atoms with E-state index < -0.39 is 11.6 Å². The average Bonchev–Trinajstić information content (AvgIpc) is 2.74. The van der Waals surface area contributed by atoms with Gasteiger partial charge >= 0.3 is 0 Å². The molecule has 3 aromatic rings. The molecule has 10 heteroatoms. The smallest absolute Gasteiger partial charge is 0.255 e. The van der Waals surface area contributed by atoms with Gasteiger partial charge in [-0.3, -0.25) is 0 Å². The Morgan fingerprint density at radius 2 is 1.31 bits per heavy atom. The molecule has 152 valence electrons. The first-order chi connectivity index (χ1) is 14.1. The summed E-state index contributed by atoms with van der Waals surface area (Å²) >= 11 is 0. The van der Waals surface area contributed by atoms with Crippen molar-refractivity contribution in [2.24, 2.45) is 0 Å². The Morgan fingerprint density at radius 1 is 0.828 bits per heavy atom. The number of benzene rings is 1. The third-order valence-corrected chi connectivity index (χ3v) is 3.82. The first kappa shape index (κ1) is 20.2. The lowest BCUT2D eigenvalue weighted by Crippen LogP contribution is -2.07. The maximum absolute atomic E-state index is 13.5. The predicted octanol–water partition coefficient (Wildman–Crippen LogP) is 3.18. The van der Waals surface area contributed by atoms with Gasteiger partial charge in [0.05, 0.1) is 26.1 Å². The topological polar surface area (TPSA) is 94.1 Å². The summed E-state index contributed by atoms with van der Waals surface area (Å²) in [5, 5.41) is 6.04. The van der Waals surface area contributed by atoms with Crippen LogP contribution in [-0.2, 0) is 13.1 Å². The van der Waals surface area contributed by atoms with Crippen molar-refractivity contribution in [3.63, 3.8) is 0 Å². The molecule has 2 aromatic heterocycles. The molecule has 0 atom stereocenters. The lowest BCUT2D eigenvalue weighted by atomic mass is 10.1. The van der Waals surface area contributed by atoms with E-state index in [4.69, 9.17) is 9.47 Å². The molecule has 2 heterocycles. The van der Waals surface area contributed by atoms with Crippen LogP contribution in [0.4, 0.5) is 20.7 Å². The fourth-order valence-electron chi connectivity index (χ4n) is 2.39. The number of rotatable bonds is 9. The van der Waals surface area contributed by atoms with Crippen LogP contribution >= 0.6 is 0 Å². The van der Waals surface area contributed by atoms with Crippen LogP contribution in [0.2, 0.25) is 0 Å². The van der Waals surface area contributed by atoms with Gasteiger partial charge in [-0.1, -0.05) is 24.3 Å². The summed E-state index contributed by atoms with van der Waals surface area (Å²) in [6.07, 6.45) is 2.12. The molecule has 29 heavy (non-hydrogen) atoms. The van der Waals surface area contributed by atoms with Gasteiger partial charge in [0, 0.05) is 13.1 Å². The number of anilines is 2. The maximum Gasteiger partial charge on any atom is 0.255 e. The molecule has 0 aliphatic carbocycles. The lowest BCUT2D eigenvalue weighted by Gasteiger charge is -2.09. The molecular formula is C19H20F2N6O2. The molecule has 0 saturated carbocycles. The van der Waals surface area contributed by atoms with E-state index in [1.54, 1.807) is 6.92 Å². The molecule has 1 aromatic carbocycles. The van der Waals surface area contributed by atoms with Gasteiger partial charge in [-0.2, -0.15) is 18.7 Å². The van der Waals surface area contributed by atoms with Gasteiger partial charge in [0.1, 0.15) is 0 Å². The standard InChI is InChI=1S/C19H20F2N6O2/c1-3-29-17-15(21)11-25-19(27-17)23-9-13-6-4-12(5-7-13)8-22-18-24-10-14(20)16(26-18)28-2/h4-7,10-11H,3,8-9H2,1-2H3,(H,22,24,26)(H,23,25,27). The second-order valence-electron chi connectivity index (χ2n) is 5.85. The molecule has 0 aliphatic heterocycles. The van der Waals surface area contributed by atoms with Gasteiger partial charge < -0.3 is 20.1 Å². The Bertz CT molecular complexity index is 956. The fraction of sp³-hybridized carbons (Fsp3) is 0.263. The van der Waals surface area contributed by atoms with Crippen molar-refractivity contribution in [2.75, 3.05) is 24.4 Å². The van der Waals surface area contributed by atoms with Crippen LogP contribution < -0.4 is 20.1 Å². The first-order valence-corrected chi connectivity index (χ1v) is 8.86. The van der Waals surface area contributed by atoms with Crippen LogP contribution in [0.3, 0.4) is 0 Å². The van der Waals surface area contributed by atoms with Crippen LogP contribution in [0.15, 0.2) is 36.7 Å². The Hall–Kier alpha value is -3.56. The van der Waals surface area contributed by atoms with Crippen molar-refractivity contribution in [1.29, 1.82) is 0 Å². The van der Waals surface area contributed by atoms with Crippen LogP contribution in [-0.4, -0.2) is 33.7 Å². The molecule has 3 rings (SSSR count). The Labute approximate surface area is 166 Å². The highest BCUT2D eigenvalue weighted by Gasteiger charge is 2.08. The summed E-state index contributed by atoms with van der Waals surface area (Å²) in [5.74, 6) is -0.855. The van der Waals surface area contributed by atoms with E-state index >= 15 is 0 Å². The van der Waals surface area contributed by atoms with E-state index in [1.165, 1.54) is 7.11 Å². The zero-order valence-electron chi connectivity index (χ0n) is 15.9. The molecule has 0 fully saturated rings. The average molecular weight is 402 g/mol. The molecular weight excluding hydrogens is 382 g/mol. The Morgan fingerprint density at radius 3 is 1.79 bits per heavy atom. The number of hydrogen-bond acceptors (Lipinski definition) is 8. The van der Waals surface area contributed by atoms with Crippen molar-refractivity contribution >= 4 is 11.9 Å². The van der Waals surface area contributed by atoms with Crippen LogP contribution in [0.1, 0.15) is 18.1 Å². The third-order valence-electron chi connectivity index (χ3n) is 3.82. The van der Waals surface area contributed by atoms with Gasteiger partial charge in [-0.05, 0) is 18.1 Å². The maximum atomic E-state index is 13.5. The van der Waals surface area contributed by atoms with E-state index in [9.17, 15) is 8.78 Å². The number of nitrogens with one attached hydrogen (secondary N) is 2. The van der Waals surface area contributed by atoms with Crippen molar-refractivity contribution in [2.45, 2.75) is 20.0 Å². The number of nitrogens with zero attached hydrogens (tertiary/aromatic N) is 4. The van der Waals surface area contributed by atoms with E-state index in [0.717, 1.165) is 23.5 Å². The number of halogens is 2. The number of ether oxygens (including phenoxy) is 2. The number of aromatic nitrogens is 4. The SMILES string of the molecule is CCOc1nc(NCc2ccc(CNc3ncc(F)c(OC)n3)cc2)ncc1F. The summed E-state index contributed by atoms with van der Waals surface area (Å²) in [4.78, 5) is 15.7. The molecule has 0 bridgehead atoms. The third kappa shape index (κ3) is 5.47. The second-order valence-corrected chi connectivity index (χ2v) is 5.85. The van der Waals surface area contributed by atoms with Crippen molar-refractivity contribution in [1.82, 2.24) is 19.9 Å². The van der Waals surface area contributed by atoms with Gasteiger partial charge in [0.2, 0.25) is 23.5 Å². The lowest BCUT2D eigenvalue weighted by molar-refractivity contribution is 0.306. The summed E-state index contributed by atoms with van der Waals surface area (Å²) in [5.41, 5.74) is 1.97. The van der Waals surface area contributed by atoms with E-state index in [0.29, 0.717) is 19.7 Å². The molecule has 8 nitrogen and oxygen atoms in total. The molecule has 0 unspecified atom stereocenters. The normalized spacial score (nSPS) is 10.5. The molecule has 0 radical (unpaired) electrons. The van der Waals surface area contributed by atoms with E-state index in [1.807, 2.05) is 24.3 Å². The van der Waals surface area contributed by atoms with E-state index in [2.05, 4.69) is 30.6 Å². The van der Waals surface area contributed by atoms with Crippen LogP contribution in [0.5, 0.6) is 11.8 Å². The van der Waals surface area contributed by atoms with Gasteiger partial charge in [0.15, 0.2) is 0 Å². The van der Waals surface area contributed by atoms with Gasteiger partial charge in [-0.25, -0.2) is 9.97 Å². The minimum Gasteiger partial charge on any atom is -0.479 e. The highest BCUT2D eigenvalue weighted by atomic mass is 19.1. The summed E-state index contributed by atoms with van der Waals surface area (Å²) in [6, 6.07) is 7.73. The van der Waals surface area contributed by atoms with Crippen molar-refractivity contribution < 1.29 is 18.3 Å². The number of methoxy groups -OCH3 is 1. The van der Waals surface area contributed by atoms with Crippen LogP contribution in [0.25, 0.3) is 0 Å². The summed E-state index contributed by atoms with van der Waals surface area (Å²) in [6.45, 7) is 2.99. The minimum atomic E-state index is -0.617. The molecule has 0 saturated heterocycles. The molecule has 0 spiro atoms. The quantitative estimate of drug-likeness (QED) is 0.564. The highest BCUT2D eigenvalue weighted by Crippen LogP contribution is 2.16. The fourth-order valence-corrected chi connectivity index (χ4v) is 2.39. The second kappa shape index (κ2) is 9.58. The number of hydrogen-bond donors (Lipinski definition) is 2. The van der Waals surface area contributed by atoms with Gasteiger partial charge in [0.25, 0.3) is 11.8 Å². The largest absolute Gasteiger partial charge is 0.479 e. The monoisotopic (exact) mass is 402 g/mol. The molecule has 0 aliphatic rings. The van der Waals surface area contributed by atoms with Crippen molar-refractivity contribution in [3.8, 4) is 11.8 Å². The minimum absolute atomic E-state index is 0.0777. The summed E-state index contributed by atoms with van der Waals surface area (Å²) < 4.78 is 36.8. The van der Waals surface area contributed by atoms with Crippen LogP contribution in [0, 0.1) is 11.6 Å². The predicted molar refractivity (Wildman–Crippen MR) is 103 cm³/mol. The highest BCUT2D eigenvalue weighted by molar-refractivity contribution is 5.34. The Balaban J connectivity index is 1.54. The van der Waals surface area contributed by atoms with Crippen molar-refractivity contribution in [3.05, 3.63) is 59.4 Å².